The van der Waals surface area contributed by atoms with Crippen LogP contribution in [0.4, 0.5) is 10.5 Å². The molecule has 0 atom stereocenters. The molecule has 1 aromatic rings. The third-order valence-corrected chi connectivity index (χ3v) is 1.83. The van der Waals surface area contributed by atoms with Gasteiger partial charge in [0.05, 0.1) is 5.69 Å². The van der Waals surface area contributed by atoms with Crippen molar-refractivity contribution in [1.29, 1.82) is 0 Å². The summed E-state index contributed by atoms with van der Waals surface area (Å²) < 4.78 is 0. The van der Waals surface area contributed by atoms with Crippen LogP contribution in [0.3, 0.4) is 0 Å². The van der Waals surface area contributed by atoms with Crippen LogP contribution in [0.2, 0.25) is 0 Å². The number of benzene rings is 1. The number of nitrogens with one attached hydrogen (secondary N) is 1. The first-order chi connectivity index (χ1) is 7.29. The number of hydrogen-bond donors (Lipinski definition) is 1. The molecule has 0 unspecified atom stereocenters. The summed E-state index contributed by atoms with van der Waals surface area (Å²) in [6, 6.07) is 8.24. The molecular weight excluding hydrogens is 192 g/mol. The Bertz CT molecular complexity index is 325. The van der Waals surface area contributed by atoms with Gasteiger partial charge in [0.25, 0.3) is 0 Å². The first-order valence-electron chi connectivity index (χ1n) is 4.80. The molecule has 4 nitrogen and oxygen atoms in total. The largest absolute Gasteiger partial charge is 0.337 e. The Hall–Kier alpha value is -1.84. The van der Waals surface area contributed by atoms with Crippen molar-refractivity contribution in [2.45, 2.75) is 13.3 Å². The molecule has 0 aliphatic carbocycles. The molecule has 79 valence electrons. The highest BCUT2D eigenvalue weighted by Gasteiger charge is 2.14. The normalized spacial score (nSPS) is 9.40. The van der Waals surface area contributed by atoms with E-state index in [0.29, 0.717) is 12.2 Å². The molecule has 0 saturated heterocycles. The van der Waals surface area contributed by atoms with E-state index in [1.165, 1.54) is 0 Å². The molecule has 0 saturated carbocycles. The lowest BCUT2D eigenvalue weighted by Crippen LogP contribution is -2.39. The lowest BCUT2D eigenvalue weighted by Gasteiger charge is -2.14. The van der Waals surface area contributed by atoms with E-state index in [0.717, 1.165) is 11.3 Å². The van der Waals surface area contributed by atoms with Gasteiger partial charge in [0.15, 0.2) is 0 Å². The van der Waals surface area contributed by atoms with E-state index in [4.69, 9.17) is 0 Å². The number of nitrogens with zero attached hydrogens (tertiary/aromatic N) is 1. The maximum atomic E-state index is 11.5. The van der Waals surface area contributed by atoms with Crippen molar-refractivity contribution in [3.8, 4) is 0 Å². The number of hydrogen-bond acceptors (Lipinski definition) is 2. The molecule has 0 aromatic heterocycles. The van der Waals surface area contributed by atoms with Gasteiger partial charge in [0.1, 0.15) is 0 Å². The fourth-order valence-electron chi connectivity index (χ4n) is 1.10. The Labute approximate surface area is 88.9 Å². The topological polar surface area (TPSA) is 49.4 Å². The van der Waals surface area contributed by atoms with Crippen LogP contribution in [0.25, 0.3) is 0 Å². The molecule has 15 heavy (non-hydrogen) atoms. The minimum absolute atomic E-state index is 0.446. The van der Waals surface area contributed by atoms with E-state index in [2.05, 4.69) is 5.32 Å². The molecule has 1 N–H and O–H groups in total. The molecule has 1 rings (SSSR count). The number of rotatable bonds is 4. The van der Waals surface area contributed by atoms with Crippen LogP contribution in [0.5, 0.6) is 0 Å². The Morgan fingerprint density at radius 2 is 2.07 bits per heavy atom. The molecular formula is C11H13N2O2. The van der Waals surface area contributed by atoms with Gasteiger partial charge in [-0.15, -0.1) is 0 Å². The zero-order chi connectivity index (χ0) is 11.1. The molecule has 4 heteroatoms. The molecule has 0 spiro atoms. The quantitative estimate of drug-likeness (QED) is 0.760. The van der Waals surface area contributed by atoms with Crippen LogP contribution in [-0.2, 0) is 4.79 Å². The smallest absolute Gasteiger partial charge is 0.329 e. The highest BCUT2D eigenvalue weighted by atomic mass is 16.2. The van der Waals surface area contributed by atoms with Crippen LogP contribution >= 0.6 is 0 Å². The van der Waals surface area contributed by atoms with Crippen LogP contribution in [0.15, 0.2) is 30.3 Å². The summed E-state index contributed by atoms with van der Waals surface area (Å²) in [6.45, 7) is 2.49. The third-order valence-electron chi connectivity index (χ3n) is 1.83. The number of urea groups is 1. The standard InChI is InChI=1S/C11H13N2O2/c1-2-8-12-11(15)13(9-14)10-6-4-3-5-7-10/h3-7H,2,8H2,1H3,(H,12,15). The van der Waals surface area contributed by atoms with E-state index in [-0.39, 0.29) is 0 Å². The summed E-state index contributed by atoms with van der Waals surface area (Å²) in [5.41, 5.74) is 0.515. The average molecular weight is 205 g/mol. The summed E-state index contributed by atoms with van der Waals surface area (Å²) in [7, 11) is 0. The van der Waals surface area contributed by atoms with Crippen molar-refractivity contribution in [3.63, 3.8) is 0 Å². The summed E-state index contributed by atoms with van der Waals surface area (Å²) in [5.74, 6) is 0. The monoisotopic (exact) mass is 205 g/mol. The summed E-state index contributed by atoms with van der Waals surface area (Å²) in [4.78, 5) is 23.1. The minimum atomic E-state index is -0.446. The van der Waals surface area contributed by atoms with Gasteiger partial charge in [-0.3, -0.25) is 4.79 Å². The van der Waals surface area contributed by atoms with Gasteiger partial charge in [-0.05, 0) is 18.6 Å². The van der Waals surface area contributed by atoms with Gasteiger partial charge in [-0.1, -0.05) is 25.1 Å². The summed E-state index contributed by atoms with van der Waals surface area (Å²) in [5, 5.41) is 2.61. The van der Waals surface area contributed by atoms with E-state index in [1.807, 2.05) is 13.0 Å². The van der Waals surface area contributed by atoms with Gasteiger partial charge < -0.3 is 5.32 Å². The molecule has 0 heterocycles. The molecule has 0 fully saturated rings. The van der Waals surface area contributed by atoms with E-state index in [1.54, 1.807) is 30.7 Å². The highest BCUT2D eigenvalue weighted by Crippen LogP contribution is 2.10. The maximum Gasteiger partial charge on any atom is 0.329 e. The van der Waals surface area contributed by atoms with Gasteiger partial charge in [-0.2, -0.15) is 0 Å². The Balaban J connectivity index is 2.72. The fraction of sp³-hybridized carbons (Fsp3) is 0.273. The number of carbonyl (C=O) groups is 1. The Kier molecular flexibility index (Phi) is 4.34. The second kappa shape index (κ2) is 5.80. The predicted octanol–water partition coefficient (Wildman–Crippen LogP) is 1.68. The number of carbonyl (C=O) groups excluding carboxylic acids is 2. The molecule has 1 radical (unpaired) electrons. The van der Waals surface area contributed by atoms with Crippen LogP contribution in [0, 0.1) is 0 Å². The zero-order valence-electron chi connectivity index (χ0n) is 8.56. The highest BCUT2D eigenvalue weighted by molar-refractivity contribution is 6.06. The van der Waals surface area contributed by atoms with Crippen molar-refractivity contribution in [1.82, 2.24) is 5.32 Å². The third kappa shape index (κ3) is 3.09. The van der Waals surface area contributed by atoms with E-state index >= 15 is 0 Å². The molecule has 0 bridgehead atoms. The second-order valence-corrected chi connectivity index (χ2v) is 2.99. The van der Waals surface area contributed by atoms with Crippen molar-refractivity contribution < 1.29 is 9.59 Å². The second-order valence-electron chi connectivity index (χ2n) is 2.99. The number of imide groups is 1. The maximum absolute atomic E-state index is 11.5. The number of anilines is 1. The van der Waals surface area contributed by atoms with Crippen molar-refractivity contribution in [2.75, 3.05) is 11.4 Å². The molecule has 0 aliphatic rings. The Morgan fingerprint density at radius 1 is 1.40 bits per heavy atom. The zero-order valence-corrected chi connectivity index (χ0v) is 8.56. The van der Waals surface area contributed by atoms with Gasteiger partial charge >= 0.3 is 12.4 Å². The summed E-state index contributed by atoms with van der Waals surface area (Å²) >= 11 is 0. The lowest BCUT2D eigenvalue weighted by molar-refractivity contribution is 0.249. The van der Waals surface area contributed by atoms with Gasteiger partial charge in [0.2, 0.25) is 0 Å². The van der Waals surface area contributed by atoms with Crippen LogP contribution in [0.1, 0.15) is 13.3 Å². The van der Waals surface area contributed by atoms with Crippen LogP contribution in [-0.4, -0.2) is 19.0 Å². The van der Waals surface area contributed by atoms with E-state index < -0.39 is 6.03 Å². The predicted molar refractivity (Wildman–Crippen MR) is 58.3 cm³/mol. The first-order valence-corrected chi connectivity index (χ1v) is 4.80. The molecule has 3 amide bonds. The lowest BCUT2D eigenvalue weighted by atomic mass is 10.3. The molecule has 1 aromatic carbocycles. The Morgan fingerprint density at radius 3 is 2.60 bits per heavy atom. The van der Waals surface area contributed by atoms with E-state index in [9.17, 15) is 9.59 Å². The first kappa shape index (κ1) is 11.2. The van der Waals surface area contributed by atoms with Crippen molar-refractivity contribution in [2.24, 2.45) is 0 Å². The van der Waals surface area contributed by atoms with Gasteiger partial charge in [0, 0.05) is 6.54 Å². The minimum Gasteiger partial charge on any atom is -0.337 e. The van der Waals surface area contributed by atoms with Crippen molar-refractivity contribution in [3.05, 3.63) is 30.3 Å². The van der Waals surface area contributed by atoms with Gasteiger partial charge in [-0.25, -0.2) is 9.69 Å². The van der Waals surface area contributed by atoms with Crippen LogP contribution < -0.4 is 10.2 Å². The summed E-state index contributed by atoms with van der Waals surface area (Å²) in [6.07, 6.45) is 2.42. The van der Waals surface area contributed by atoms with Crippen molar-refractivity contribution >= 4 is 18.1 Å². The number of amides is 3. The number of para-hydroxylation sites is 1. The average Bonchev–Trinajstić information content (AvgIpc) is 2.29. The fourth-order valence-corrected chi connectivity index (χ4v) is 1.10. The SMILES string of the molecule is CCCNC(=O)N([C]=O)c1ccccc1. The molecule has 0 aliphatic heterocycles.